The molecule has 1 atom stereocenters. The second-order valence-corrected chi connectivity index (χ2v) is 8.29. The molecule has 2 aliphatic rings. The summed E-state index contributed by atoms with van der Waals surface area (Å²) in [6, 6.07) is 13.3. The van der Waals surface area contributed by atoms with Gasteiger partial charge >= 0.3 is 5.97 Å². The van der Waals surface area contributed by atoms with Gasteiger partial charge in [0, 0.05) is 16.7 Å². The molecule has 3 N–H and O–H groups in total. The number of benzene rings is 2. The highest BCUT2D eigenvalue weighted by Crippen LogP contribution is 2.45. The fourth-order valence-corrected chi connectivity index (χ4v) is 4.99. The number of phenolic OH excluding ortho intramolecular Hbond substituents is 1. The molecule has 0 fully saturated rings. The van der Waals surface area contributed by atoms with Crippen molar-refractivity contribution in [2.45, 2.75) is 30.3 Å². The Morgan fingerprint density at radius 1 is 1.14 bits per heavy atom. The van der Waals surface area contributed by atoms with Crippen molar-refractivity contribution >= 4 is 29.4 Å². The minimum atomic E-state index is -0.969. The van der Waals surface area contributed by atoms with E-state index in [0.29, 0.717) is 6.42 Å². The molecule has 1 aliphatic carbocycles. The molecule has 4 nitrogen and oxygen atoms in total. The normalized spacial score (nSPS) is 19.2. The number of aliphatic carboxylic acids is 1. The van der Waals surface area contributed by atoms with E-state index in [1.54, 1.807) is 30.0 Å². The average molecular weight is 407 g/mol. The quantitative estimate of drug-likeness (QED) is 0.632. The summed E-state index contributed by atoms with van der Waals surface area (Å²) in [6.45, 7) is 0. The number of allylic oxidation sites excluding steroid dienone is 1. The topological polar surface area (TPSA) is 77.8 Å². The Kier molecular flexibility index (Phi) is 5.60. The van der Waals surface area contributed by atoms with Gasteiger partial charge in [-0.3, -0.25) is 0 Å². The van der Waals surface area contributed by atoms with Crippen molar-refractivity contribution in [2.24, 2.45) is 0 Å². The van der Waals surface area contributed by atoms with E-state index in [-0.39, 0.29) is 11.9 Å². The number of fused-ring (bicyclic) bond motifs is 1. The van der Waals surface area contributed by atoms with Crippen LogP contribution in [0, 0.1) is 0 Å². The molecule has 0 aromatic heterocycles. The molecule has 2 aromatic rings. The fourth-order valence-electron chi connectivity index (χ4n) is 3.83. The summed E-state index contributed by atoms with van der Waals surface area (Å²) in [4.78, 5) is 11.8. The van der Waals surface area contributed by atoms with Crippen LogP contribution in [0.5, 0.6) is 5.75 Å². The zero-order valence-corrected chi connectivity index (χ0v) is 16.7. The summed E-state index contributed by atoms with van der Waals surface area (Å²) in [6.07, 6.45) is 6.91. The maximum atomic E-state index is 10.8. The van der Waals surface area contributed by atoms with Crippen molar-refractivity contribution in [3.8, 4) is 5.75 Å². The molecular formula is C24H22O4S. The van der Waals surface area contributed by atoms with Gasteiger partial charge < -0.3 is 15.3 Å². The number of phenols is 1. The van der Waals surface area contributed by atoms with Crippen LogP contribution in [0.3, 0.4) is 0 Å². The number of carboxylic acids is 1. The highest BCUT2D eigenvalue weighted by Gasteiger charge is 2.25. The third-order valence-electron chi connectivity index (χ3n) is 5.30. The minimum Gasteiger partial charge on any atom is -0.508 e. The van der Waals surface area contributed by atoms with Crippen LogP contribution in [0.1, 0.15) is 36.0 Å². The smallest absolute Gasteiger partial charge is 0.328 e. The summed E-state index contributed by atoms with van der Waals surface area (Å²) in [5.41, 5.74) is 6.69. The van der Waals surface area contributed by atoms with E-state index in [9.17, 15) is 15.0 Å². The van der Waals surface area contributed by atoms with Crippen molar-refractivity contribution in [3.05, 3.63) is 82.5 Å². The van der Waals surface area contributed by atoms with Gasteiger partial charge in [0.2, 0.25) is 0 Å². The van der Waals surface area contributed by atoms with Gasteiger partial charge in [0.25, 0.3) is 0 Å². The Hall–Kier alpha value is -2.76. The number of aliphatic hydroxyl groups excluding tert-OH is 1. The molecule has 1 aliphatic heterocycles. The second kappa shape index (κ2) is 8.31. The fraction of sp³-hybridized carbons (Fsp3) is 0.208. The lowest BCUT2D eigenvalue weighted by molar-refractivity contribution is -0.131. The molecule has 1 heterocycles. The lowest BCUT2D eigenvalue weighted by Gasteiger charge is -2.28. The largest absolute Gasteiger partial charge is 0.508 e. The number of rotatable bonds is 4. The van der Waals surface area contributed by atoms with Crippen molar-refractivity contribution in [1.29, 1.82) is 0 Å². The van der Waals surface area contributed by atoms with Gasteiger partial charge in [0.1, 0.15) is 5.75 Å². The summed E-state index contributed by atoms with van der Waals surface area (Å²) in [5, 5.41) is 28.6. The summed E-state index contributed by atoms with van der Waals surface area (Å²) in [7, 11) is 0. The number of carboxylic acid groups (broad SMARTS) is 1. The third kappa shape index (κ3) is 4.31. The molecule has 29 heavy (non-hydrogen) atoms. The summed E-state index contributed by atoms with van der Waals surface area (Å²) in [5.74, 6) is 0.103. The van der Waals surface area contributed by atoms with Crippen LogP contribution in [0.2, 0.25) is 0 Å². The van der Waals surface area contributed by atoms with E-state index in [1.807, 2.05) is 30.3 Å². The van der Waals surface area contributed by atoms with Crippen LogP contribution < -0.4 is 0 Å². The number of carbonyl (C=O) groups is 1. The van der Waals surface area contributed by atoms with E-state index >= 15 is 0 Å². The number of aromatic hydroxyl groups is 1. The average Bonchev–Trinajstić information content (AvgIpc) is 2.72. The van der Waals surface area contributed by atoms with Gasteiger partial charge in [-0.05, 0) is 76.9 Å². The lowest BCUT2D eigenvalue weighted by Crippen LogP contribution is -2.14. The van der Waals surface area contributed by atoms with Gasteiger partial charge in [0.05, 0.1) is 6.10 Å². The Bertz CT molecular complexity index is 1030. The predicted molar refractivity (Wildman–Crippen MR) is 116 cm³/mol. The molecule has 0 saturated carbocycles. The van der Waals surface area contributed by atoms with Crippen molar-refractivity contribution in [3.63, 3.8) is 0 Å². The first-order valence-electron chi connectivity index (χ1n) is 9.59. The van der Waals surface area contributed by atoms with Crippen LogP contribution in [-0.2, 0) is 4.79 Å². The van der Waals surface area contributed by atoms with E-state index in [1.165, 1.54) is 11.1 Å². The Morgan fingerprint density at radius 3 is 2.62 bits per heavy atom. The van der Waals surface area contributed by atoms with E-state index in [2.05, 4.69) is 6.08 Å². The third-order valence-corrected chi connectivity index (χ3v) is 6.38. The van der Waals surface area contributed by atoms with Crippen molar-refractivity contribution in [1.82, 2.24) is 0 Å². The monoisotopic (exact) mass is 406 g/mol. The van der Waals surface area contributed by atoms with Crippen LogP contribution in [-0.4, -0.2) is 33.1 Å². The maximum absolute atomic E-state index is 10.8. The molecule has 4 rings (SSSR count). The van der Waals surface area contributed by atoms with Crippen molar-refractivity contribution < 1.29 is 20.1 Å². The van der Waals surface area contributed by atoms with Crippen LogP contribution in [0.4, 0.5) is 0 Å². The predicted octanol–water partition coefficient (Wildman–Crippen LogP) is 4.87. The maximum Gasteiger partial charge on any atom is 0.328 e. The van der Waals surface area contributed by atoms with Crippen LogP contribution >= 0.6 is 11.8 Å². The molecule has 148 valence electrons. The lowest BCUT2D eigenvalue weighted by atomic mass is 9.85. The number of hydrogen-bond acceptors (Lipinski definition) is 4. The molecule has 0 radical (unpaired) electrons. The Labute approximate surface area is 173 Å². The molecular weight excluding hydrogens is 384 g/mol. The number of hydrogen-bond donors (Lipinski definition) is 3. The molecule has 0 saturated heterocycles. The molecule has 0 bridgehead atoms. The first-order chi connectivity index (χ1) is 14.0. The van der Waals surface area contributed by atoms with Crippen LogP contribution in [0.15, 0.2) is 70.7 Å². The highest BCUT2D eigenvalue weighted by molar-refractivity contribution is 7.99. The summed E-state index contributed by atoms with van der Waals surface area (Å²) >= 11 is 1.72. The molecule has 5 heteroatoms. The minimum absolute atomic E-state index is 0.258. The first-order valence-corrected chi connectivity index (χ1v) is 10.6. The molecule has 1 unspecified atom stereocenters. The summed E-state index contributed by atoms with van der Waals surface area (Å²) < 4.78 is 0. The molecule has 0 amide bonds. The molecule has 2 aromatic carbocycles. The first kappa shape index (κ1) is 19.6. The second-order valence-electron chi connectivity index (χ2n) is 7.27. The SMILES string of the molecule is O=C(O)/C=C/c1ccc(C2=C(C3=CCC(O)CC3)CSc3cc(O)ccc32)cc1. The van der Waals surface area contributed by atoms with E-state index in [4.69, 9.17) is 5.11 Å². The highest BCUT2D eigenvalue weighted by atomic mass is 32.2. The van der Waals surface area contributed by atoms with Gasteiger partial charge in [-0.25, -0.2) is 4.79 Å². The van der Waals surface area contributed by atoms with Gasteiger partial charge in [-0.15, -0.1) is 11.8 Å². The molecule has 0 spiro atoms. The zero-order chi connectivity index (χ0) is 20.4. The number of thioether (sulfide) groups is 1. The number of aliphatic hydroxyl groups is 1. The van der Waals surface area contributed by atoms with E-state index in [0.717, 1.165) is 51.8 Å². The zero-order valence-electron chi connectivity index (χ0n) is 15.8. The van der Waals surface area contributed by atoms with Crippen molar-refractivity contribution in [2.75, 3.05) is 5.75 Å². The standard InChI is InChI=1S/C24H22O4S/c25-18-8-6-16(7-9-18)21-14-29-22-13-19(26)10-11-20(22)24(21)17-4-1-15(2-5-17)3-12-23(27)28/h1-6,10-13,18,25-26H,7-9,14H2,(H,27,28)/b12-3+. The Morgan fingerprint density at radius 2 is 1.93 bits per heavy atom. The van der Waals surface area contributed by atoms with Crippen LogP contribution in [0.25, 0.3) is 11.6 Å². The van der Waals surface area contributed by atoms with Gasteiger partial charge in [-0.1, -0.05) is 30.3 Å². The van der Waals surface area contributed by atoms with E-state index < -0.39 is 5.97 Å². The van der Waals surface area contributed by atoms with Gasteiger partial charge in [0.15, 0.2) is 0 Å². The van der Waals surface area contributed by atoms with Gasteiger partial charge in [-0.2, -0.15) is 0 Å². The Balaban J connectivity index is 1.81.